The van der Waals surface area contributed by atoms with Gasteiger partial charge in [0.05, 0.1) is 13.7 Å². The van der Waals surface area contributed by atoms with Gasteiger partial charge in [-0.05, 0) is 67.1 Å². The molecule has 184 valence electrons. The van der Waals surface area contributed by atoms with Crippen LogP contribution in [0.4, 0.5) is 0 Å². The number of methoxy groups -OCH3 is 1. The zero-order valence-corrected chi connectivity index (χ0v) is 21.1. The molecule has 0 radical (unpaired) electrons. The average Bonchev–Trinajstić information content (AvgIpc) is 2.84. The van der Waals surface area contributed by atoms with Crippen LogP contribution in [0.3, 0.4) is 0 Å². The van der Waals surface area contributed by atoms with Gasteiger partial charge in [-0.15, -0.1) is 0 Å². The molecule has 0 spiro atoms. The van der Waals surface area contributed by atoms with Gasteiger partial charge in [-0.3, -0.25) is 9.59 Å². The standard InChI is InChI=1S/C29H34N2O4/c1-19(2)16-17-35-25-15-14-22(18-26(25)34-5)27(30-28(32)23-12-8-6-10-20(23)3)31-29(33)24-13-9-7-11-21(24)4/h6-15,18-19,27H,16-17H2,1-5H3,(H,30,32)(H,31,33). The molecule has 3 rings (SSSR count). The molecule has 0 aliphatic carbocycles. The molecule has 0 saturated carbocycles. The van der Waals surface area contributed by atoms with E-state index in [4.69, 9.17) is 9.47 Å². The molecule has 35 heavy (non-hydrogen) atoms. The summed E-state index contributed by atoms with van der Waals surface area (Å²) in [5.74, 6) is 1.11. The fraction of sp³-hybridized carbons (Fsp3) is 0.310. The van der Waals surface area contributed by atoms with Crippen LogP contribution in [-0.4, -0.2) is 25.5 Å². The molecule has 0 heterocycles. The maximum absolute atomic E-state index is 13.1. The Labute approximate surface area is 207 Å². The highest BCUT2D eigenvalue weighted by Crippen LogP contribution is 2.30. The van der Waals surface area contributed by atoms with Gasteiger partial charge >= 0.3 is 0 Å². The summed E-state index contributed by atoms with van der Waals surface area (Å²) in [5.41, 5.74) is 3.45. The van der Waals surface area contributed by atoms with Crippen LogP contribution in [0.5, 0.6) is 11.5 Å². The Bertz CT molecular complexity index is 1110. The van der Waals surface area contributed by atoms with Crippen molar-refractivity contribution >= 4 is 11.8 Å². The lowest BCUT2D eigenvalue weighted by Crippen LogP contribution is -2.41. The van der Waals surface area contributed by atoms with Gasteiger partial charge in [0.25, 0.3) is 11.8 Å². The number of benzene rings is 3. The van der Waals surface area contributed by atoms with Gasteiger partial charge in [0.15, 0.2) is 11.5 Å². The number of hydrogen-bond acceptors (Lipinski definition) is 4. The van der Waals surface area contributed by atoms with Crippen LogP contribution in [0.2, 0.25) is 0 Å². The van der Waals surface area contributed by atoms with Crippen molar-refractivity contribution in [3.63, 3.8) is 0 Å². The number of nitrogens with one attached hydrogen (secondary N) is 2. The average molecular weight is 475 g/mol. The molecule has 2 N–H and O–H groups in total. The fourth-order valence-electron chi connectivity index (χ4n) is 3.66. The zero-order chi connectivity index (χ0) is 25.4. The van der Waals surface area contributed by atoms with E-state index in [0.717, 1.165) is 17.5 Å². The molecule has 0 saturated heterocycles. The number of amides is 2. The highest BCUT2D eigenvalue weighted by molar-refractivity contribution is 5.98. The normalized spacial score (nSPS) is 10.8. The van der Waals surface area contributed by atoms with Gasteiger partial charge in [0.2, 0.25) is 0 Å². The van der Waals surface area contributed by atoms with E-state index in [1.165, 1.54) is 0 Å². The lowest BCUT2D eigenvalue weighted by atomic mass is 10.1. The van der Waals surface area contributed by atoms with E-state index in [0.29, 0.717) is 40.7 Å². The summed E-state index contributed by atoms with van der Waals surface area (Å²) in [6, 6.07) is 20.1. The second-order valence-corrected chi connectivity index (χ2v) is 8.95. The van der Waals surface area contributed by atoms with Crippen molar-refractivity contribution in [2.45, 2.75) is 40.3 Å². The third-order valence-corrected chi connectivity index (χ3v) is 5.80. The van der Waals surface area contributed by atoms with E-state index in [1.54, 1.807) is 31.4 Å². The Morgan fingerprint density at radius 1 is 0.800 bits per heavy atom. The molecule has 0 fully saturated rings. The third kappa shape index (κ3) is 6.85. The van der Waals surface area contributed by atoms with Gasteiger partial charge in [-0.2, -0.15) is 0 Å². The minimum Gasteiger partial charge on any atom is -0.493 e. The van der Waals surface area contributed by atoms with Crippen molar-refractivity contribution in [1.82, 2.24) is 10.6 Å². The van der Waals surface area contributed by atoms with Crippen molar-refractivity contribution in [1.29, 1.82) is 0 Å². The number of hydrogen-bond donors (Lipinski definition) is 2. The number of ether oxygens (including phenoxy) is 2. The zero-order valence-electron chi connectivity index (χ0n) is 21.1. The molecule has 0 aromatic heterocycles. The molecule has 0 atom stereocenters. The van der Waals surface area contributed by atoms with Gasteiger partial charge in [-0.1, -0.05) is 56.3 Å². The largest absolute Gasteiger partial charge is 0.493 e. The lowest BCUT2D eigenvalue weighted by Gasteiger charge is -2.23. The smallest absolute Gasteiger partial charge is 0.253 e. The minimum absolute atomic E-state index is 0.283. The Morgan fingerprint density at radius 3 is 1.83 bits per heavy atom. The Hall–Kier alpha value is -3.80. The molecular weight excluding hydrogens is 440 g/mol. The molecule has 2 amide bonds. The van der Waals surface area contributed by atoms with Crippen LogP contribution in [0.25, 0.3) is 0 Å². The van der Waals surface area contributed by atoms with Gasteiger partial charge in [-0.25, -0.2) is 0 Å². The second-order valence-electron chi connectivity index (χ2n) is 8.95. The van der Waals surface area contributed by atoms with Crippen LogP contribution < -0.4 is 20.1 Å². The molecule has 3 aromatic carbocycles. The summed E-state index contributed by atoms with van der Waals surface area (Å²) in [4.78, 5) is 26.3. The SMILES string of the molecule is COc1cc(C(NC(=O)c2ccccc2C)NC(=O)c2ccccc2C)ccc1OCCC(C)C. The number of carbonyl (C=O) groups excluding carboxylic acids is 2. The minimum atomic E-state index is -0.784. The molecule has 0 unspecified atom stereocenters. The monoisotopic (exact) mass is 474 g/mol. The first kappa shape index (κ1) is 25.8. The van der Waals surface area contributed by atoms with E-state index >= 15 is 0 Å². The molecular formula is C29H34N2O4. The fourth-order valence-corrected chi connectivity index (χ4v) is 3.66. The summed E-state index contributed by atoms with van der Waals surface area (Å²) in [6.45, 7) is 8.61. The number of aryl methyl sites for hydroxylation is 2. The molecule has 6 nitrogen and oxygen atoms in total. The van der Waals surface area contributed by atoms with Gasteiger partial charge < -0.3 is 20.1 Å². The number of carbonyl (C=O) groups is 2. The summed E-state index contributed by atoms with van der Waals surface area (Å²) >= 11 is 0. The van der Waals surface area contributed by atoms with E-state index in [9.17, 15) is 9.59 Å². The van der Waals surface area contributed by atoms with Crippen molar-refractivity contribution < 1.29 is 19.1 Å². The first-order chi connectivity index (χ1) is 16.8. The maximum Gasteiger partial charge on any atom is 0.253 e. The van der Waals surface area contributed by atoms with E-state index in [1.807, 2.05) is 56.3 Å². The Morgan fingerprint density at radius 2 is 1.34 bits per heavy atom. The van der Waals surface area contributed by atoms with Crippen LogP contribution in [-0.2, 0) is 0 Å². The maximum atomic E-state index is 13.1. The van der Waals surface area contributed by atoms with Crippen LogP contribution in [0.15, 0.2) is 66.7 Å². The van der Waals surface area contributed by atoms with Crippen molar-refractivity contribution in [2.75, 3.05) is 13.7 Å². The van der Waals surface area contributed by atoms with Crippen molar-refractivity contribution in [3.8, 4) is 11.5 Å². The highest BCUT2D eigenvalue weighted by Gasteiger charge is 2.22. The van der Waals surface area contributed by atoms with Crippen LogP contribution in [0.1, 0.15) is 63.8 Å². The van der Waals surface area contributed by atoms with Gasteiger partial charge in [0, 0.05) is 11.1 Å². The number of rotatable bonds is 10. The summed E-state index contributed by atoms with van der Waals surface area (Å²) < 4.78 is 11.5. The quantitative estimate of drug-likeness (QED) is 0.375. The predicted molar refractivity (Wildman–Crippen MR) is 138 cm³/mol. The Balaban J connectivity index is 1.91. The lowest BCUT2D eigenvalue weighted by molar-refractivity contribution is 0.0882. The van der Waals surface area contributed by atoms with E-state index in [2.05, 4.69) is 24.5 Å². The molecule has 3 aromatic rings. The predicted octanol–water partition coefficient (Wildman–Crippen LogP) is 5.60. The molecule has 6 heteroatoms. The molecule has 0 aliphatic heterocycles. The summed E-state index contributed by atoms with van der Waals surface area (Å²) in [7, 11) is 1.57. The topological polar surface area (TPSA) is 76.7 Å². The first-order valence-corrected chi connectivity index (χ1v) is 11.8. The van der Waals surface area contributed by atoms with Crippen molar-refractivity contribution in [3.05, 3.63) is 94.5 Å². The first-order valence-electron chi connectivity index (χ1n) is 11.8. The van der Waals surface area contributed by atoms with Crippen LogP contribution in [0, 0.1) is 19.8 Å². The van der Waals surface area contributed by atoms with E-state index < -0.39 is 6.17 Å². The third-order valence-electron chi connectivity index (χ3n) is 5.80. The Kier molecular flexibility index (Phi) is 8.90. The van der Waals surface area contributed by atoms with Crippen LogP contribution >= 0.6 is 0 Å². The van der Waals surface area contributed by atoms with Crippen molar-refractivity contribution in [2.24, 2.45) is 5.92 Å². The summed E-state index contributed by atoms with van der Waals surface area (Å²) in [5, 5.41) is 5.94. The highest BCUT2D eigenvalue weighted by atomic mass is 16.5. The molecule has 0 bridgehead atoms. The second kappa shape index (κ2) is 12.1. The molecule has 0 aliphatic rings. The van der Waals surface area contributed by atoms with E-state index in [-0.39, 0.29) is 11.8 Å². The summed E-state index contributed by atoms with van der Waals surface area (Å²) in [6.07, 6.45) is 0.139. The van der Waals surface area contributed by atoms with Gasteiger partial charge in [0.1, 0.15) is 6.17 Å².